The zero-order valence-electron chi connectivity index (χ0n) is 9.72. The molecule has 1 nitrogen and oxygen atoms in total. The first-order chi connectivity index (χ1) is 8.29. The Morgan fingerprint density at radius 3 is 2.59 bits per heavy atom. The summed E-state index contributed by atoms with van der Waals surface area (Å²) in [6.07, 6.45) is 4.53. The minimum atomic E-state index is 0.0690. The molecule has 1 aromatic carbocycles. The van der Waals surface area contributed by atoms with Gasteiger partial charge in [-0.15, -0.1) is 11.3 Å². The Bertz CT molecular complexity index is 506. The van der Waals surface area contributed by atoms with Crippen LogP contribution in [-0.2, 0) is 6.42 Å². The highest BCUT2D eigenvalue weighted by molar-refractivity contribution is 7.12. The van der Waals surface area contributed by atoms with Gasteiger partial charge >= 0.3 is 0 Å². The lowest BCUT2D eigenvalue weighted by molar-refractivity contribution is 0.105. The Morgan fingerprint density at radius 1 is 1.24 bits per heavy atom. The molecule has 2 rings (SSSR count). The van der Waals surface area contributed by atoms with Crippen molar-refractivity contribution in [3.05, 3.63) is 63.9 Å². The number of carbonyl (C=O) groups is 1. The highest BCUT2D eigenvalue weighted by Crippen LogP contribution is 2.12. The summed E-state index contributed by atoms with van der Waals surface area (Å²) in [5, 5.41) is 1.91. The summed E-state index contributed by atoms with van der Waals surface area (Å²) in [6, 6.07) is 12.0. The van der Waals surface area contributed by atoms with Crippen LogP contribution in [0.1, 0.15) is 27.7 Å². The van der Waals surface area contributed by atoms with E-state index >= 15 is 0 Å². The SMILES string of the molecule is CCc1ccc(C=CC(=O)c2cccs2)cc1. The van der Waals surface area contributed by atoms with Crippen LogP contribution in [0.25, 0.3) is 6.08 Å². The van der Waals surface area contributed by atoms with E-state index in [-0.39, 0.29) is 5.78 Å². The summed E-state index contributed by atoms with van der Waals surface area (Å²) < 4.78 is 0. The molecule has 1 aromatic heterocycles. The molecule has 2 aromatic rings. The summed E-state index contributed by atoms with van der Waals surface area (Å²) in [6.45, 7) is 2.13. The first kappa shape index (κ1) is 11.8. The van der Waals surface area contributed by atoms with Crippen molar-refractivity contribution in [3.63, 3.8) is 0 Å². The van der Waals surface area contributed by atoms with Gasteiger partial charge in [-0.1, -0.05) is 43.3 Å². The molecular weight excluding hydrogens is 228 g/mol. The van der Waals surface area contributed by atoms with Gasteiger partial charge < -0.3 is 0 Å². The maximum Gasteiger partial charge on any atom is 0.195 e. The predicted molar refractivity (Wildman–Crippen MR) is 73.5 cm³/mol. The third-order valence-electron chi connectivity index (χ3n) is 2.58. The normalized spacial score (nSPS) is 10.9. The molecule has 0 unspecified atom stereocenters. The van der Waals surface area contributed by atoms with Gasteiger partial charge in [-0.05, 0) is 35.1 Å². The van der Waals surface area contributed by atoms with Crippen LogP contribution in [0, 0.1) is 0 Å². The van der Waals surface area contributed by atoms with E-state index in [1.54, 1.807) is 6.08 Å². The van der Waals surface area contributed by atoms with Gasteiger partial charge in [-0.25, -0.2) is 0 Å². The smallest absolute Gasteiger partial charge is 0.195 e. The lowest BCUT2D eigenvalue weighted by atomic mass is 10.1. The predicted octanol–water partition coefficient (Wildman–Crippen LogP) is 4.21. The third kappa shape index (κ3) is 3.14. The van der Waals surface area contributed by atoms with Gasteiger partial charge in [0.15, 0.2) is 5.78 Å². The van der Waals surface area contributed by atoms with E-state index in [2.05, 4.69) is 19.1 Å². The van der Waals surface area contributed by atoms with Crippen LogP contribution in [0.15, 0.2) is 47.9 Å². The Kier molecular flexibility index (Phi) is 3.89. The molecule has 86 valence electrons. The molecule has 0 saturated heterocycles. The first-order valence-corrected chi connectivity index (χ1v) is 6.52. The molecule has 0 aliphatic heterocycles. The molecule has 0 radical (unpaired) electrons. The molecule has 0 spiro atoms. The number of allylic oxidation sites excluding steroid dienone is 1. The maximum atomic E-state index is 11.7. The number of hydrogen-bond donors (Lipinski definition) is 0. The highest BCUT2D eigenvalue weighted by Gasteiger charge is 2.01. The van der Waals surface area contributed by atoms with Gasteiger partial charge in [-0.2, -0.15) is 0 Å². The zero-order valence-corrected chi connectivity index (χ0v) is 10.5. The molecular formula is C15H14OS. The molecule has 0 N–H and O–H groups in total. The summed E-state index contributed by atoms with van der Waals surface area (Å²) >= 11 is 1.47. The monoisotopic (exact) mass is 242 g/mol. The van der Waals surface area contributed by atoms with Crippen molar-refractivity contribution < 1.29 is 4.79 Å². The highest BCUT2D eigenvalue weighted by atomic mass is 32.1. The van der Waals surface area contributed by atoms with Crippen LogP contribution in [0.5, 0.6) is 0 Å². The fourth-order valence-electron chi connectivity index (χ4n) is 1.54. The van der Waals surface area contributed by atoms with Crippen molar-refractivity contribution in [2.45, 2.75) is 13.3 Å². The second-order valence-corrected chi connectivity index (χ2v) is 4.72. The van der Waals surface area contributed by atoms with E-state index < -0.39 is 0 Å². The second kappa shape index (κ2) is 5.60. The van der Waals surface area contributed by atoms with Crippen LogP contribution in [0.4, 0.5) is 0 Å². The lowest BCUT2D eigenvalue weighted by Gasteiger charge is -1.96. The summed E-state index contributed by atoms with van der Waals surface area (Å²) in [5.74, 6) is 0.0690. The number of hydrogen-bond acceptors (Lipinski definition) is 2. The molecule has 0 bridgehead atoms. The van der Waals surface area contributed by atoms with Crippen molar-refractivity contribution in [3.8, 4) is 0 Å². The molecule has 17 heavy (non-hydrogen) atoms. The lowest BCUT2D eigenvalue weighted by Crippen LogP contribution is -1.88. The molecule has 0 fully saturated rings. The number of benzene rings is 1. The molecule has 1 heterocycles. The molecule has 2 heteroatoms. The van der Waals surface area contributed by atoms with Crippen molar-refractivity contribution in [1.82, 2.24) is 0 Å². The number of rotatable bonds is 4. The first-order valence-electron chi connectivity index (χ1n) is 5.64. The van der Waals surface area contributed by atoms with Gasteiger partial charge in [0.1, 0.15) is 0 Å². The fraction of sp³-hybridized carbons (Fsp3) is 0.133. The van der Waals surface area contributed by atoms with Crippen LogP contribution in [0.3, 0.4) is 0 Å². The average Bonchev–Trinajstić information content (AvgIpc) is 2.90. The van der Waals surface area contributed by atoms with Crippen LogP contribution in [-0.4, -0.2) is 5.78 Å². The van der Waals surface area contributed by atoms with E-state index in [0.717, 1.165) is 16.9 Å². The summed E-state index contributed by atoms with van der Waals surface area (Å²) in [4.78, 5) is 12.5. The van der Waals surface area contributed by atoms with Crippen LogP contribution in [0.2, 0.25) is 0 Å². The molecule has 0 saturated carbocycles. The number of thiophene rings is 1. The largest absolute Gasteiger partial charge is 0.288 e. The molecule has 0 aliphatic carbocycles. The number of aryl methyl sites for hydroxylation is 1. The van der Waals surface area contributed by atoms with Gasteiger partial charge in [0, 0.05) is 0 Å². The maximum absolute atomic E-state index is 11.7. The topological polar surface area (TPSA) is 17.1 Å². The molecule has 0 aliphatic rings. The van der Waals surface area contributed by atoms with Crippen molar-refractivity contribution in [2.24, 2.45) is 0 Å². The van der Waals surface area contributed by atoms with Gasteiger partial charge in [0.05, 0.1) is 4.88 Å². The standard InChI is InChI=1S/C15H14OS/c1-2-12-5-7-13(8-6-12)9-10-14(16)15-4-3-11-17-15/h3-11H,2H2,1H3. The van der Waals surface area contributed by atoms with E-state index in [9.17, 15) is 4.79 Å². The van der Waals surface area contributed by atoms with E-state index in [4.69, 9.17) is 0 Å². The molecule has 0 atom stereocenters. The number of ketones is 1. The summed E-state index contributed by atoms with van der Waals surface area (Å²) in [5.41, 5.74) is 2.37. The Labute approximate surface area is 105 Å². The van der Waals surface area contributed by atoms with E-state index in [0.29, 0.717) is 0 Å². The summed E-state index contributed by atoms with van der Waals surface area (Å²) in [7, 11) is 0. The Hall–Kier alpha value is -1.67. The minimum Gasteiger partial charge on any atom is -0.288 e. The Balaban J connectivity index is 2.07. The van der Waals surface area contributed by atoms with E-state index in [1.807, 2.05) is 35.7 Å². The Morgan fingerprint density at radius 2 is 2.00 bits per heavy atom. The third-order valence-corrected chi connectivity index (χ3v) is 3.46. The zero-order chi connectivity index (χ0) is 12.1. The van der Waals surface area contributed by atoms with Crippen molar-refractivity contribution in [2.75, 3.05) is 0 Å². The van der Waals surface area contributed by atoms with Crippen LogP contribution >= 0.6 is 11.3 Å². The van der Waals surface area contributed by atoms with Gasteiger partial charge in [0.2, 0.25) is 0 Å². The quantitative estimate of drug-likeness (QED) is 0.580. The van der Waals surface area contributed by atoms with Crippen molar-refractivity contribution in [1.29, 1.82) is 0 Å². The van der Waals surface area contributed by atoms with Gasteiger partial charge in [-0.3, -0.25) is 4.79 Å². The van der Waals surface area contributed by atoms with Gasteiger partial charge in [0.25, 0.3) is 0 Å². The minimum absolute atomic E-state index is 0.0690. The van der Waals surface area contributed by atoms with Crippen molar-refractivity contribution >= 4 is 23.2 Å². The second-order valence-electron chi connectivity index (χ2n) is 3.77. The van der Waals surface area contributed by atoms with Crippen LogP contribution < -0.4 is 0 Å². The number of carbonyl (C=O) groups excluding carboxylic acids is 1. The van der Waals surface area contributed by atoms with E-state index in [1.165, 1.54) is 16.9 Å². The molecule has 0 amide bonds. The average molecular weight is 242 g/mol. The fourth-order valence-corrected chi connectivity index (χ4v) is 2.18.